The van der Waals surface area contributed by atoms with Crippen LogP contribution in [-0.2, 0) is 14.3 Å². The molecule has 0 aromatic heterocycles. The van der Waals surface area contributed by atoms with Crippen molar-refractivity contribution in [2.75, 3.05) is 33.5 Å². The summed E-state index contributed by atoms with van der Waals surface area (Å²) in [5.41, 5.74) is 0. The Labute approximate surface area is 132 Å². The molecule has 4 nitrogen and oxygen atoms in total. The smallest absolute Gasteiger partial charge is 0.223 e. The summed E-state index contributed by atoms with van der Waals surface area (Å²) in [7, 11) is 1.65. The summed E-state index contributed by atoms with van der Waals surface area (Å²) in [6, 6.07) is 0. The molecule has 1 saturated carbocycles. The summed E-state index contributed by atoms with van der Waals surface area (Å²) in [5, 5.41) is 2.94. The quantitative estimate of drug-likeness (QED) is 0.730. The summed E-state index contributed by atoms with van der Waals surface area (Å²) in [5.74, 6) is 1.22. The van der Waals surface area contributed by atoms with Gasteiger partial charge in [-0.25, -0.2) is 0 Å². The van der Waals surface area contributed by atoms with Gasteiger partial charge in [0.25, 0.3) is 0 Å². The van der Waals surface area contributed by atoms with Crippen molar-refractivity contribution in [2.45, 2.75) is 60.3 Å². The largest absolute Gasteiger partial charge is 0.382 e. The van der Waals surface area contributed by atoms with Gasteiger partial charge in [0.05, 0.1) is 19.8 Å². The lowest BCUT2D eigenvalue weighted by molar-refractivity contribution is -0.126. The van der Waals surface area contributed by atoms with Crippen molar-refractivity contribution in [1.29, 1.82) is 0 Å². The highest BCUT2D eigenvalue weighted by Gasteiger charge is 2.23. The van der Waals surface area contributed by atoms with E-state index < -0.39 is 0 Å². The van der Waals surface area contributed by atoms with E-state index in [-0.39, 0.29) is 11.8 Å². The van der Waals surface area contributed by atoms with Gasteiger partial charge < -0.3 is 14.8 Å². The van der Waals surface area contributed by atoms with Gasteiger partial charge in [0.1, 0.15) is 0 Å². The Hall–Kier alpha value is -0.610. The van der Waals surface area contributed by atoms with Crippen LogP contribution in [0.15, 0.2) is 0 Å². The molecule has 1 N–H and O–H groups in total. The summed E-state index contributed by atoms with van der Waals surface area (Å²) >= 11 is 0. The zero-order valence-electron chi connectivity index (χ0n) is 15.0. The van der Waals surface area contributed by atoms with Crippen LogP contribution in [-0.4, -0.2) is 39.4 Å². The molecule has 0 aromatic rings. The van der Waals surface area contributed by atoms with Gasteiger partial charge in [-0.1, -0.05) is 34.6 Å². The second-order valence-electron chi connectivity index (χ2n) is 4.85. The minimum absolute atomic E-state index is 0.201. The Morgan fingerprint density at radius 2 is 1.57 bits per heavy atom. The lowest BCUT2D eigenvalue weighted by atomic mass is 9.82. The van der Waals surface area contributed by atoms with Crippen LogP contribution in [0.5, 0.6) is 0 Å². The Morgan fingerprint density at radius 1 is 1.00 bits per heavy atom. The van der Waals surface area contributed by atoms with Gasteiger partial charge in [0, 0.05) is 19.6 Å². The molecule has 0 heterocycles. The average Bonchev–Trinajstić information content (AvgIpc) is 2.55. The molecule has 1 rings (SSSR count). The number of methoxy groups -OCH3 is 1. The summed E-state index contributed by atoms with van der Waals surface area (Å²) < 4.78 is 10.2. The third kappa shape index (κ3) is 12.8. The fourth-order valence-electron chi connectivity index (χ4n) is 2.16. The van der Waals surface area contributed by atoms with Gasteiger partial charge in [0.15, 0.2) is 0 Å². The van der Waals surface area contributed by atoms with Crippen molar-refractivity contribution in [1.82, 2.24) is 5.32 Å². The number of amides is 1. The van der Waals surface area contributed by atoms with Crippen LogP contribution < -0.4 is 5.32 Å². The fraction of sp³-hybridized carbons (Fsp3) is 0.941. The van der Waals surface area contributed by atoms with E-state index in [9.17, 15) is 4.79 Å². The molecule has 1 aliphatic rings. The van der Waals surface area contributed by atoms with Crippen LogP contribution in [0.2, 0.25) is 0 Å². The standard InChI is InChI=1S/C13H25NO3.2C2H6/c1-11-3-5-12(6-4-11)13(15)14-7-8-17-10-9-16-2;2*1-2/h11-12H,3-10H2,1-2H3,(H,14,15);2*1-2H3. The molecule has 0 saturated heterocycles. The second-order valence-corrected chi connectivity index (χ2v) is 4.85. The van der Waals surface area contributed by atoms with E-state index in [1.165, 1.54) is 12.8 Å². The number of rotatable bonds is 7. The highest BCUT2D eigenvalue weighted by molar-refractivity contribution is 5.78. The minimum Gasteiger partial charge on any atom is -0.382 e. The molecule has 0 spiro atoms. The first-order valence-corrected chi connectivity index (χ1v) is 8.58. The summed E-state index contributed by atoms with van der Waals surface area (Å²) in [6.45, 7) is 12.6. The number of nitrogens with one attached hydrogen (secondary N) is 1. The van der Waals surface area contributed by atoms with E-state index in [4.69, 9.17) is 9.47 Å². The van der Waals surface area contributed by atoms with E-state index in [1.807, 2.05) is 27.7 Å². The second kappa shape index (κ2) is 17.4. The zero-order valence-corrected chi connectivity index (χ0v) is 15.0. The maximum atomic E-state index is 11.8. The lowest BCUT2D eigenvalue weighted by Gasteiger charge is -2.25. The molecule has 1 amide bonds. The third-order valence-electron chi connectivity index (χ3n) is 3.36. The van der Waals surface area contributed by atoms with Crippen LogP contribution in [0.1, 0.15) is 60.3 Å². The van der Waals surface area contributed by atoms with Crippen molar-refractivity contribution in [3.8, 4) is 0 Å². The Kier molecular flexibility index (Phi) is 18.8. The van der Waals surface area contributed by atoms with E-state index in [1.54, 1.807) is 7.11 Å². The first-order chi connectivity index (χ1) is 10.2. The lowest BCUT2D eigenvalue weighted by Crippen LogP contribution is -2.35. The number of hydrogen-bond acceptors (Lipinski definition) is 3. The van der Waals surface area contributed by atoms with Gasteiger partial charge in [0.2, 0.25) is 5.91 Å². The molecule has 0 bridgehead atoms. The predicted octanol–water partition coefficient (Wildman–Crippen LogP) is 3.64. The highest BCUT2D eigenvalue weighted by Crippen LogP contribution is 2.28. The third-order valence-corrected chi connectivity index (χ3v) is 3.36. The first kappa shape index (κ1) is 22.7. The van der Waals surface area contributed by atoms with Gasteiger partial charge in [-0.2, -0.15) is 0 Å². The van der Waals surface area contributed by atoms with E-state index in [0.717, 1.165) is 18.8 Å². The molecular weight excluding hydrogens is 266 g/mol. The minimum atomic E-state index is 0.201. The van der Waals surface area contributed by atoms with E-state index >= 15 is 0 Å². The van der Waals surface area contributed by atoms with Crippen molar-refractivity contribution in [2.24, 2.45) is 11.8 Å². The zero-order chi connectivity index (χ0) is 16.5. The molecule has 128 valence electrons. The summed E-state index contributed by atoms with van der Waals surface area (Å²) in [6.07, 6.45) is 4.44. The maximum absolute atomic E-state index is 11.8. The summed E-state index contributed by atoms with van der Waals surface area (Å²) in [4.78, 5) is 11.8. The number of ether oxygens (including phenoxy) is 2. The topological polar surface area (TPSA) is 47.6 Å². The van der Waals surface area contributed by atoms with Crippen molar-refractivity contribution >= 4 is 5.91 Å². The predicted molar refractivity (Wildman–Crippen MR) is 89.5 cm³/mol. The Balaban J connectivity index is 0. The molecule has 0 aliphatic heterocycles. The monoisotopic (exact) mass is 303 g/mol. The molecule has 1 fully saturated rings. The van der Waals surface area contributed by atoms with Crippen molar-refractivity contribution < 1.29 is 14.3 Å². The Bertz CT molecular complexity index is 214. The van der Waals surface area contributed by atoms with Crippen LogP contribution in [0.3, 0.4) is 0 Å². The SMILES string of the molecule is CC.CC.COCCOCCNC(=O)C1CCC(C)CC1. The van der Waals surface area contributed by atoms with Crippen LogP contribution in [0, 0.1) is 11.8 Å². The van der Waals surface area contributed by atoms with Gasteiger partial charge >= 0.3 is 0 Å². The van der Waals surface area contributed by atoms with Gasteiger partial charge in [-0.15, -0.1) is 0 Å². The number of carbonyl (C=O) groups excluding carboxylic acids is 1. The number of carbonyl (C=O) groups is 1. The molecule has 0 unspecified atom stereocenters. The van der Waals surface area contributed by atoms with Gasteiger partial charge in [-0.3, -0.25) is 4.79 Å². The molecule has 21 heavy (non-hydrogen) atoms. The molecule has 0 radical (unpaired) electrons. The highest BCUT2D eigenvalue weighted by atomic mass is 16.5. The van der Waals surface area contributed by atoms with E-state index in [0.29, 0.717) is 26.4 Å². The normalized spacial score (nSPS) is 20.5. The Morgan fingerprint density at radius 3 is 2.10 bits per heavy atom. The van der Waals surface area contributed by atoms with Crippen LogP contribution >= 0.6 is 0 Å². The van der Waals surface area contributed by atoms with Crippen LogP contribution in [0.4, 0.5) is 0 Å². The van der Waals surface area contributed by atoms with Crippen molar-refractivity contribution in [3.05, 3.63) is 0 Å². The molecule has 4 heteroatoms. The van der Waals surface area contributed by atoms with Crippen LogP contribution in [0.25, 0.3) is 0 Å². The molecule has 0 atom stereocenters. The molecule has 0 aromatic carbocycles. The maximum Gasteiger partial charge on any atom is 0.223 e. The molecular formula is C17H37NO3. The number of hydrogen-bond donors (Lipinski definition) is 1. The molecule has 1 aliphatic carbocycles. The average molecular weight is 303 g/mol. The fourth-order valence-corrected chi connectivity index (χ4v) is 2.16. The van der Waals surface area contributed by atoms with E-state index in [2.05, 4.69) is 12.2 Å². The van der Waals surface area contributed by atoms with Crippen molar-refractivity contribution in [3.63, 3.8) is 0 Å². The first-order valence-electron chi connectivity index (χ1n) is 8.58. The van der Waals surface area contributed by atoms with Gasteiger partial charge in [-0.05, 0) is 31.6 Å².